The molecule has 0 aromatic rings. The lowest BCUT2D eigenvalue weighted by Gasteiger charge is -2.29. The van der Waals surface area contributed by atoms with Crippen LogP contribution in [0.1, 0.15) is 39.5 Å². The number of amides is 1. The number of carbonyl (C=O) groups excluding carboxylic acids is 1. The molecule has 1 amide bonds. The zero-order valence-electron chi connectivity index (χ0n) is 9.88. The van der Waals surface area contributed by atoms with Crippen molar-refractivity contribution < 1.29 is 14.7 Å². The van der Waals surface area contributed by atoms with Crippen molar-refractivity contribution in [3.05, 3.63) is 0 Å². The molecule has 1 fully saturated rings. The first kappa shape index (κ1) is 13.0. The summed E-state index contributed by atoms with van der Waals surface area (Å²) < 4.78 is 0. The van der Waals surface area contributed by atoms with Gasteiger partial charge in [0.15, 0.2) is 0 Å². The summed E-state index contributed by atoms with van der Waals surface area (Å²) >= 11 is 0. The summed E-state index contributed by atoms with van der Waals surface area (Å²) in [7, 11) is 0. The Morgan fingerprint density at radius 1 is 1.44 bits per heavy atom. The second-order valence-corrected chi connectivity index (χ2v) is 4.95. The number of aliphatic carboxylic acids is 1. The fourth-order valence-electron chi connectivity index (χ4n) is 1.92. The number of carboxylic acid groups (broad SMARTS) is 1. The summed E-state index contributed by atoms with van der Waals surface area (Å²) in [5.41, 5.74) is -0.692. The highest BCUT2D eigenvalue weighted by Crippen LogP contribution is 2.11. The summed E-state index contributed by atoms with van der Waals surface area (Å²) in [6, 6.07) is -0.165. The molecular formula is C11H20N2O3. The Balaban J connectivity index is 2.45. The molecule has 5 heteroatoms. The van der Waals surface area contributed by atoms with Crippen LogP contribution in [0, 0.1) is 0 Å². The van der Waals surface area contributed by atoms with Crippen molar-refractivity contribution in [1.29, 1.82) is 0 Å². The third-order valence-corrected chi connectivity index (χ3v) is 2.68. The van der Waals surface area contributed by atoms with Gasteiger partial charge in [-0.25, -0.2) is 0 Å². The standard InChI is InChI=1S/C11H20N2O3/c1-11(2,7-9(14)15)13-10(16)8-5-3-4-6-12-8/h8,12H,3-7H2,1-2H3,(H,13,16)(H,14,15). The van der Waals surface area contributed by atoms with Crippen LogP contribution in [0.4, 0.5) is 0 Å². The average molecular weight is 228 g/mol. The highest BCUT2D eigenvalue weighted by Gasteiger charge is 2.28. The van der Waals surface area contributed by atoms with Crippen molar-refractivity contribution >= 4 is 11.9 Å². The quantitative estimate of drug-likeness (QED) is 0.654. The number of rotatable bonds is 4. The van der Waals surface area contributed by atoms with E-state index < -0.39 is 11.5 Å². The molecule has 5 nitrogen and oxygen atoms in total. The monoisotopic (exact) mass is 228 g/mol. The minimum Gasteiger partial charge on any atom is -0.481 e. The summed E-state index contributed by atoms with van der Waals surface area (Å²) in [5.74, 6) is -0.993. The third-order valence-electron chi connectivity index (χ3n) is 2.68. The van der Waals surface area contributed by atoms with Crippen LogP contribution in [0.5, 0.6) is 0 Å². The van der Waals surface area contributed by atoms with E-state index in [2.05, 4.69) is 10.6 Å². The number of carboxylic acids is 1. The van der Waals surface area contributed by atoms with Crippen molar-refractivity contribution in [3.8, 4) is 0 Å². The van der Waals surface area contributed by atoms with E-state index in [9.17, 15) is 9.59 Å². The first-order chi connectivity index (χ1) is 7.41. The molecule has 16 heavy (non-hydrogen) atoms. The van der Waals surface area contributed by atoms with Gasteiger partial charge in [0.05, 0.1) is 12.5 Å². The smallest absolute Gasteiger partial charge is 0.305 e. The molecule has 1 rings (SSSR count). The van der Waals surface area contributed by atoms with Crippen LogP contribution in [-0.4, -0.2) is 35.1 Å². The molecule has 92 valence electrons. The number of hydrogen-bond acceptors (Lipinski definition) is 3. The first-order valence-electron chi connectivity index (χ1n) is 5.68. The van der Waals surface area contributed by atoms with Gasteiger partial charge in [0, 0.05) is 5.54 Å². The molecular weight excluding hydrogens is 208 g/mol. The van der Waals surface area contributed by atoms with E-state index in [0.717, 1.165) is 25.8 Å². The Morgan fingerprint density at radius 2 is 2.12 bits per heavy atom. The number of piperidine rings is 1. The maximum absolute atomic E-state index is 11.8. The molecule has 1 aliphatic heterocycles. The molecule has 1 atom stereocenters. The van der Waals surface area contributed by atoms with Gasteiger partial charge < -0.3 is 15.7 Å². The molecule has 0 aliphatic carbocycles. The van der Waals surface area contributed by atoms with E-state index in [1.54, 1.807) is 13.8 Å². The zero-order chi connectivity index (χ0) is 12.2. The fraction of sp³-hybridized carbons (Fsp3) is 0.818. The van der Waals surface area contributed by atoms with Gasteiger partial charge in [0.2, 0.25) is 5.91 Å². The number of nitrogens with one attached hydrogen (secondary N) is 2. The van der Waals surface area contributed by atoms with Crippen LogP contribution in [0.2, 0.25) is 0 Å². The van der Waals surface area contributed by atoms with Crippen molar-refractivity contribution in [3.63, 3.8) is 0 Å². The minimum absolute atomic E-state index is 0.0640. The zero-order valence-corrected chi connectivity index (χ0v) is 9.88. The van der Waals surface area contributed by atoms with Gasteiger partial charge in [-0.15, -0.1) is 0 Å². The van der Waals surface area contributed by atoms with Crippen LogP contribution < -0.4 is 10.6 Å². The maximum atomic E-state index is 11.8. The Labute approximate surface area is 95.6 Å². The summed E-state index contributed by atoms with van der Waals surface area (Å²) in [6.07, 6.45) is 2.91. The predicted molar refractivity (Wildman–Crippen MR) is 60.1 cm³/mol. The minimum atomic E-state index is -0.901. The lowest BCUT2D eigenvalue weighted by atomic mass is 9.98. The maximum Gasteiger partial charge on any atom is 0.305 e. The molecule has 0 spiro atoms. The predicted octanol–water partition coefficient (Wildman–Crippen LogP) is 0.498. The summed E-state index contributed by atoms with van der Waals surface area (Å²) in [5, 5.41) is 14.6. The lowest BCUT2D eigenvalue weighted by Crippen LogP contribution is -2.53. The first-order valence-corrected chi connectivity index (χ1v) is 5.68. The molecule has 0 aromatic heterocycles. The normalized spacial score (nSPS) is 21.5. The summed E-state index contributed by atoms with van der Waals surface area (Å²) in [6.45, 7) is 4.31. The second-order valence-electron chi connectivity index (χ2n) is 4.95. The average Bonchev–Trinajstić information content (AvgIpc) is 2.16. The fourth-order valence-corrected chi connectivity index (χ4v) is 1.92. The Hall–Kier alpha value is -1.10. The number of carbonyl (C=O) groups is 2. The summed E-state index contributed by atoms with van der Waals surface area (Å²) in [4.78, 5) is 22.4. The SMILES string of the molecule is CC(C)(CC(=O)O)NC(=O)C1CCCCN1. The van der Waals surface area contributed by atoms with E-state index in [1.165, 1.54) is 0 Å². The number of hydrogen-bond donors (Lipinski definition) is 3. The van der Waals surface area contributed by atoms with Crippen molar-refractivity contribution in [1.82, 2.24) is 10.6 Å². The second kappa shape index (κ2) is 5.30. The van der Waals surface area contributed by atoms with Gasteiger partial charge >= 0.3 is 5.97 Å². The molecule has 3 N–H and O–H groups in total. The molecule has 1 heterocycles. The van der Waals surface area contributed by atoms with Crippen LogP contribution in [-0.2, 0) is 9.59 Å². The largest absolute Gasteiger partial charge is 0.481 e. The highest BCUT2D eigenvalue weighted by molar-refractivity contribution is 5.83. The molecule has 1 saturated heterocycles. The van der Waals surface area contributed by atoms with E-state index >= 15 is 0 Å². The van der Waals surface area contributed by atoms with Gasteiger partial charge in [0.1, 0.15) is 0 Å². The van der Waals surface area contributed by atoms with Crippen LogP contribution in [0.15, 0.2) is 0 Å². The lowest BCUT2D eigenvalue weighted by molar-refractivity contribution is -0.138. The topological polar surface area (TPSA) is 78.4 Å². The molecule has 0 radical (unpaired) electrons. The van der Waals surface area contributed by atoms with E-state index in [0.29, 0.717) is 0 Å². The van der Waals surface area contributed by atoms with Gasteiger partial charge in [-0.05, 0) is 33.2 Å². The van der Waals surface area contributed by atoms with E-state index in [-0.39, 0.29) is 18.4 Å². The van der Waals surface area contributed by atoms with Gasteiger partial charge in [0.25, 0.3) is 0 Å². The van der Waals surface area contributed by atoms with Gasteiger partial charge in [-0.3, -0.25) is 9.59 Å². The molecule has 0 aromatic carbocycles. The highest BCUT2D eigenvalue weighted by atomic mass is 16.4. The van der Waals surface area contributed by atoms with Crippen molar-refractivity contribution in [2.24, 2.45) is 0 Å². The van der Waals surface area contributed by atoms with E-state index in [4.69, 9.17) is 5.11 Å². The Morgan fingerprint density at radius 3 is 2.62 bits per heavy atom. The molecule has 1 unspecified atom stereocenters. The van der Waals surface area contributed by atoms with Crippen molar-refractivity contribution in [2.75, 3.05) is 6.54 Å². The molecule has 0 bridgehead atoms. The molecule has 0 saturated carbocycles. The van der Waals surface area contributed by atoms with Crippen LogP contribution in [0.25, 0.3) is 0 Å². The van der Waals surface area contributed by atoms with Crippen molar-refractivity contribution in [2.45, 2.75) is 51.1 Å². The van der Waals surface area contributed by atoms with Crippen LogP contribution >= 0.6 is 0 Å². The third kappa shape index (κ3) is 4.18. The Bertz CT molecular complexity index is 270. The Kier molecular flexibility index (Phi) is 4.29. The molecule has 1 aliphatic rings. The van der Waals surface area contributed by atoms with Gasteiger partial charge in [-0.2, -0.15) is 0 Å². The van der Waals surface area contributed by atoms with Crippen LogP contribution in [0.3, 0.4) is 0 Å². The van der Waals surface area contributed by atoms with Gasteiger partial charge in [-0.1, -0.05) is 6.42 Å². The van der Waals surface area contributed by atoms with E-state index in [1.807, 2.05) is 0 Å².